The van der Waals surface area contributed by atoms with E-state index >= 15 is 0 Å². The Kier molecular flexibility index (Phi) is 5.39. The number of ketones is 1. The molecule has 0 radical (unpaired) electrons. The molecule has 0 spiro atoms. The molecule has 2 aromatic carbocycles. The predicted molar refractivity (Wildman–Crippen MR) is 99.4 cm³/mol. The van der Waals surface area contributed by atoms with Crippen molar-refractivity contribution in [3.8, 4) is 11.5 Å². The zero-order valence-corrected chi connectivity index (χ0v) is 15.6. The van der Waals surface area contributed by atoms with Gasteiger partial charge in [-0.05, 0) is 30.3 Å². The predicted octanol–water partition coefficient (Wildman–Crippen LogP) is 2.45. The van der Waals surface area contributed by atoms with Crippen LogP contribution in [0.3, 0.4) is 0 Å². The molecule has 0 bridgehead atoms. The second kappa shape index (κ2) is 7.91. The molecule has 0 amide bonds. The van der Waals surface area contributed by atoms with Gasteiger partial charge in [-0.15, -0.1) is 0 Å². The van der Waals surface area contributed by atoms with E-state index in [0.717, 1.165) is 0 Å². The number of benzene rings is 2. The molecule has 3 rings (SSSR count). The number of methoxy groups -OCH3 is 2. The molecular formula is C20H18N2O6. The number of hydrogen-bond donors (Lipinski definition) is 0. The van der Waals surface area contributed by atoms with Gasteiger partial charge in [-0.25, -0.2) is 9.78 Å². The van der Waals surface area contributed by atoms with Gasteiger partial charge in [-0.2, -0.15) is 4.73 Å². The first-order chi connectivity index (χ1) is 13.4. The number of hydrogen-bond acceptors (Lipinski definition) is 7. The third-order valence-electron chi connectivity index (χ3n) is 4.11. The summed E-state index contributed by atoms with van der Waals surface area (Å²) in [6.45, 7) is 0.931. The molecule has 0 fully saturated rings. The molecule has 28 heavy (non-hydrogen) atoms. The molecule has 0 aliphatic rings. The minimum absolute atomic E-state index is 0.0800. The van der Waals surface area contributed by atoms with Crippen molar-refractivity contribution in [1.29, 1.82) is 0 Å². The monoisotopic (exact) mass is 382 g/mol. The molecule has 1 aromatic heterocycles. The molecule has 0 aliphatic heterocycles. The summed E-state index contributed by atoms with van der Waals surface area (Å²) in [5.74, 6) is -0.137. The van der Waals surface area contributed by atoms with Crippen LogP contribution in [0.15, 0.2) is 42.5 Å². The number of rotatable bonds is 6. The standard InChI is InChI=1S/C20H18N2O6/c1-12(23)19-17(11-28-20(24)13-5-4-6-14(9-13)26-2)21-16-8-7-15(27-3)10-18(16)22(19)25/h4-10H,11H2,1-3H3. The number of fused-ring (bicyclic) bond motifs is 1. The van der Waals surface area contributed by atoms with Gasteiger partial charge >= 0.3 is 5.97 Å². The Bertz CT molecular complexity index is 1060. The molecule has 8 nitrogen and oxygen atoms in total. The average Bonchev–Trinajstić information content (AvgIpc) is 2.71. The Hall–Kier alpha value is -3.68. The van der Waals surface area contributed by atoms with Gasteiger partial charge in [0.2, 0.25) is 11.3 Å². The van der Waals surface area contributed by atoms with Gasteiger partial charge in [-0.1, -0.05) is 6.07 Å². The average molecular weight is 382 g/mol. The van der Waals surface area contributed by atoms with Crippen molar-refractivity contribution in [3.63, 3.8) is 0 Å². The van der Waals surface area contributed by atoms with E-state index < -0.39 is 11.8 Å². The summed E-state index contributed by atoms with van der Waals surface area (Å²) < 4.78 is 15.9. The summed E-state index contributed by atoms with van der Waals surface area (Å²) in [6.07, 6.45) is 0. The fourth-order valence-corrected chi connectivity index (χ4v) is 2.74. The molecule has 144 valence electrons. The zero-order valence-electron chi connectivity index (χ0n) is 15.6. The number of aromatic nitrogens is 2. The Morgan fingerprint density at radius 1 is 1.07 bits per heavy atom. The van der Waals surface area contributed by atoms with Crippen LogP contribution in [-0.4, -0.2) is 31.0 Å². The molecule has 0 saturated heterocycles. The molecule has 1 heterocycles. The highest BCUT2D eigenvalue weighted by atomic mass is 16.5. The van der Waals surface area contributed by atoms with Crippen LogP contribution in [0.4, 0.5) is 0 Å². The summed E-state index contributed by atoms with van der Waals surface area (Å²) >= 11 is 0. The summed E-state index contributed by atoms with van der Waals surface area (Å²) in [7, 11) is 2.96. The highest BCUT2D eigenvalue weighted by Gasteiger charge is 2.24. The van der Waals surface area contributed by atoms with Crippen molar-refractivity contribution in [2.24, 2.45) is 0 Å². The molecular weight excluding hydrogens is 364 g/mol. The number of nitrogens with zero attached hydrogens (tertiary/aromatic N) is 2. The first-order valence-electron chi connectivity index (χ1n) is 8.37. The maximum absolute atomic E-state index is 12.7. The fraction of sp³-hybridized carbons (Fsp3) is 0.200. The van der Waals surface area contributed by atoms with Gasteiger partial charge in [-0.3, -0.25) is 4.79 Å². The molecule has 0 N–H and O–H groups in total. The second-order valence-corrected chi connectivity index (χ2v) is 5.92. The van der Waals surface area contributed by atoms with E-state index in [2.05, 4.69) is 4.98 Å². The van der Waals surface area contributed by atoms with Crippen molar-refractivity contribution in [2.45, 2.75) is 13.5 Å². The summed E-state index contributed by atoms with van der Waals surface area (Å²) in [4.78, 5) is 28.7. The number of Topliss-reactive ketones (excluding diaryl/α,β-unsaturated/α-hetero) is 1. The van der Waals surface area contributed by atoms with Gasteiger partial charge in [0.05, 0.1) is 25.8 Å². The van der Waals surface area contributed by atoms with E-state index in [1.54, 1.807) is 30.3 Å². The molecule has 0 saturated carbocycles. The highest BCUT2D eigenvalue weighted by molar-refractivity contribution is 5.93. The van der Waals surface area contributed by atoms with Crippen LogP contribution in [0.25, 0.3) is 11.0 Å². The fourth-order valence-electron chi connectivity index (χ4n) is 2.74. The minimum Gasteiger partial charge on any atom is -0.618 e. The third-order valence-corrected chi connectivity index (χ3v) is 4.11. The van der Waals surface area contributed by atoms with Gasteiger partial charge in [0, 0.05) is 6.92 Å². The van der Waals surface area contributed by atoms with Crippen LogP contribution < -0.4 is 14.2 Å². The molecule has 0 unspecified atom stereocenters. The largest absolute Gasteiger partial charge is 0.618 e. The van der Waals surface area contributed by atoms with Gasteiger partial charge in [0.25, 0.3) is 5.69 Å². The first-order valence-corrected chi connectivity index (χ1v) is 8.37. The summed E-state index contributed by atoms with van der Waals surface area (Å²) in [5.41, 5.74) is 0.723. The first kappa shape index (κ1) is 19.1. The molecule has 0 aliphatic carbocycles. The second-order valence-electron chi connectivity index (χ2n) is 5.92. The van der Waals surface area contributed by atoms with Crippen molar-refractivity contribution in [1.82, 2.24) is 4.98 Å². The lowest BCUT2D eigenvalue weighted by Crippen LogP contribution is -2.37. The van der Waals surface area contributed by atoms with Crippen LogP contribution in [0.2, 0.25) is 0 Å². The lowest BCUT2D eigenvalue weighted by Gasteiger charge is -2.11. The Morgan fingerprint density at radius 3 is 2.46 bits per heavy atom. The Balaban J connectivity index is 1.94. The maximum Gasteiger partial charge on any atom is 0.338 e. The topological polar surface area (TPSA) is 102 Å². The van der Waals surface area contributed by atoms with Gasteiger partial charge in [0.15, 0.2) is 5.69 Å². The lowest BCUT2D eigenvalue weighted by molar-refractivity contribution is -0.580. The molecule has 3 aromatic rings. The van der Waals surface area contributed by atoms with Crippen LogP contribution in [0.1, 0.15) is 33.5 Å². The van der Waals surface area contributed by atoms with Gasteiger partial charge < -0.3 is 19.4 Å². The van der Waals surface area contributed by atoms with E-state index in [-0.39, 0.29) is 29.1 Å². The van der Waals surface area contributed by atoms with Crippen LogP contribution in [0, 0.1) is 5.21 Å². The van der Waals surface area contributed by atoms with E-state index in [1.165, 1.54) is 33.3 Å². The van der Waals surface area contributed by atoms with Crippen molar-refractivity contribution in [2.75, 3.05) is 14.2 Å². The highest BCUT2D eigenvalue weighted by Crippen LogP contribution is 2.19. The number of esters is 1. The van der Waals surface area contributed by atoms with Crippen LogP contribution in [-0.2, 0) is 11.3 Å². The molecule has 8 heteroatoms. The maximum atomic E-state index is 12.7. The van der Waals surface area contributed by atoms with Crippen LogP contribution >= 0.6 is 0 Å². The minimum atomic E-state index is -0.623. The molecule has 0 atom stereocenters. The Labute approximate surface area is 160 Å². The smallest absolute Gasteiger partial charge is 0.338 e. The summed E-state index contributed by atoms with van der Waals surface area (Å²) in [5, 5.41) is 12.7. The van der Waals surface area contributed by atoms with E-state index in [1.807, 2.05) is 0 Å². The quantitative estimate of drug-likeness (QED) is 0.279. The number of carbonyl (C=O) groups is 2. The lowest BCUT2D eigenvalue weighted by atomic mass is 10.2. The van der Waals surface area contributed by atoms with Gasteiger partial charge in [0.1, 0.15) is 23.6 Å². The normalized spacial score (nSPS) is 10.5. The van der Waals surface area contributed by atoms with E-state index in [4.69, 9.17) is 14.2 Å². The number of carbonyl (C=O) groups excluding carboxylic acids is 2. The SMILES string of the molecule is COc1cccc(C(=O)OCc2nc3ccc(OC)cc3[n+]([O-])c2C(C)=O)c1. The van der Waals surface area contributed by atoms with Crippen molar-refractivity contribution >= 4 is 22.8 Å². The van der Waals surface area contributed by atoms with Crippen molar-refractivity contribution < 1.29 is 28.5 Å². The number of ether oxygens (including phenoxy) is 3. The van der Waals surface area contributed by atoms with Crippen LogP contribution in [0.5, 0.6) is 11.5 Å². The summed E-state index contributed by atoms with van der Waals surface area (Å²) in [6, 6.07) is 11.2. The van der Waals surface area contributed by atoms with Crippen molar-refractivity contribution in [3.05, 3.63) is 64.6 Å². The third kappa shape index (κ3) is 3.71. The van der Waals surface area contributed by atoms with E-state index in [9.17, 15) is 14.8 Å². The Morgan fingerprint density at radius 2 is 1.79 bits per heavy atom. The zero-order chi connectivity index (χ0) is 20.3. The van der Waals surface area contributed by atoms with E-state index in [0.29, 0.717) is 21.7 Å².